The molecule has 0 saturated heterocycles. The normalized spacial score (nSPS) is 16.3. The average molecular weight is 429 g/mol. The van der Waals surface area contributed by atoms with Crippen LogP contribution < -0.4 is 5.73 Å². The third kappa shape index (κ3) is 3.31. The molecule has 4 rings (SSSR count). The smallest absolute Gasteiger partial charge is 0.398 e. The summed E-state index contributed by atoms with van der Waals surface area (Å²) < 4.78 is 53.9. The van der Waals surface area contributed by atoms with Crippen LogP contribution in [-0.2, 0) is 29.1 Å². The highest BCUT2D eigenvalue weighted by Gasteiger charge is 2.36. The van der Waals surface area contributed by atoms with Crippen LogP contribution in [0.1, 0.15) is 27.8 Å². The van der Waals surface area contributed by atoms with Crippen LogP contribution in [0.5, 0.6) is 0 Å². The molecule has 3 aromatic rings. The average Bonchev–Trinajstić information content (AvgIpc) is 2.72. The predicted molar refractivity (Wildman–Crippen MR) is 115 cm³/mol. The van der Waals surface area contributed by atoms with Gasteiger partial charge in [0.1, 0.15) is 0 Å². The van der Waals surface area contributed by atoms with Crippen LogP contribution >= 0.6 is 0 Å². The Bertz CT molecular complexity index is 1220. The lowest BCUT2D eigenvalue weighted by Gasteiger charge is -2.24. The molecular formula is C22H18F3N3OS. The molecule has 1 aliphatic rings. The summed E-state index contributed by atoms with van der Waals surface area (Å²) in [7, 11) is -1.14. The zero-order valence-electron chi connectivity index (χ0n) is 15.8. The Labute approximate surface area is 173 Å². The molecule has 0 amide bonds. The third-order valence-corrected chi connectivity index (χ3v) is 6.57. The van der Waals surface area contributed by atoms with E-state index in [9.17, 15) is 17.4 Å². The Morgan fingerprint density at radius 2 is 1.90 bits per heavy atom. The van der Waals surface area contributed by atoms with Crippen molar-refractivity contribution in [2.75, 3.05) is 11.5 Å². The summed E-state index contributed by atoms with van der Waals surface area (Å²) in [5, 5.41) is 7.96. The minimum Gasteiger partial charge on any atom is -0.398 e. The van der Waals surface area contributed by atoms with Gasteiger partial charge in [-0.3, -0.25) is 4.21 Å². The number of nitrogens with zero attached hydrogens (tertiary/aromatic N) is 1. The molecule has 1 unspecified atom stereocenters. The first kappa shape index (κ1) is 20.3. The van der Waals surface area contributed by atoms with E-state index in [-0.39, 0.29) is 27.9 Å². The van der Waals surface area contributed by atoms with E-state index < -0.39 is 22.5 Å². The van der Waals surface area contributed by atoms with Gasteiger partial charge in [0.25, 0.3) is 0 Å². The van der Waals surface area contributed by atoms with Gasteiger partial charge in [0.2, 0.25) is 0 Å². The van der Waals surface area contributed by atoms with Crippen LogP contribution in [0.4, 0.5) is 18.9 Å². The van der Waals surface area contributed by atoms with Gasteiger partial charge in [-0.25, -0.2) is 4.98 Å². The van der Waals surface area contributed by atoms with Crippen molar-refractivity contribution in [1.82, 2.24) is 4.98 Å². The molecule has 1 atom stereocenters. The summed E-state index contributed by atoms with van der Waals surface area (Å²) in [5.41, 5.74) is 7.99. The first-order valence-corrected chi connectivity index (χ1v) is 10.7. The number of benzene rings is 2. The lowest BCUT2D eigenvalue weighted by molar-refractivity contribution is -0.136. The highest BCUT2D eigenvalue weighted by Crippen LogP contribution is 2.42. The van der Waals surface area contributed by atoms with Crippen LogP contribution in [0, 0.1) is 5.41 Å². The number of hydrogen-bond acceptors (Lipinski definition) is 4. The molecule has 3 N–H and O–H groups in total. The van der Waals surface area contributed by atoms with Crippen molar-refractivity contribution in [3.8, 4) is 11.3 Å². The fourth-order valence-corrected chi connectivity index (χ4v) is 5.08. The molecule has 0 spiro atoms. The number of nitrogens with one attached hydrogen (secondary N) is 1. The molecule has 2 heterocycles. The maximum Gasteiger partial charge on any atom is 0.418 e. The number of alkyl halides is 3. The standard InChI is InChI=1S/C22H18F3N3OS/c1-2-12-3-5-13(6-4-12)20-16-11-30(29)8-7-14(16)19-15(10-26)18(27)9-17(21(19)28-20)22(23,24)25/h2-6,9-10,26H,1,7-8,11,27H2. The van der Waals surface area contributed by atoms with Crippen molar-refractivity contribution in [1.29, 1.82) is 5.41 Å². The van der Waals surface area contributed by atoms with Gasteiger partial charge < -0.3 is 11.1 Å². The number of hydrogen-bond donors (Lipinski definition) is 2. The third-order valence-electron chi connectivity index (χ3n) is 5.30. The first-order chi connectivity index (χ1) is 14.2. The monoisotopic (exact) mass is 429 g/mol. The van der Waals surface area contributed by atoms with Crippen LogP contribution in [0.3, 0.4) is 0 Å². The Morgan fingerprint density at radius 3 is 2.50 bits per heavy atom. The predicted octanol–water partition coefficient (Wildman–Crippen LogP) is 4.95. The fraction of sp³-hybridized carbons (Fsp3) is 0.182. The minimum atomic E-state index is -4.66. The Morgan fingerprint density at radius 1 is 1.20 bits per heavy atom. The van der Waals surface area contributed by atoms with Gasteiger partial charge in [-0.2, -0.15) is 13.2 Å². The fourth-order valence-electron chi connectivity index (χ4n) is 3.87. The van der Waals surface area contributed by atoms with E-state index in [1.807, 2.05) is 0 Å². The summed E-state index contributed by atoms with van der Waals surface area (Å²) in [4.78, 5) is 4.43. The van der Waals surface area contributed by atoms with E-state index in [1.165, 1.54) is 0 Å². The maximum atomic E-state index is 13.8. The van der Waals surface area contributed by atoms with E-state index >= 15 is 0 Å². The van der Waals surface area contributed by atoms with E-state index in [1.54, 1.807) is 30.3 Å². The number of pyridine rings is 1. The first-order valence-electron chi connectivity index (χ1n) is 9.18. The topological polar surface area (TPSA) is 79.8 Å². The van der Waals surface area contributed by atoms with Gasteiger partial charge in [0.05, 0.1) is 22.5 Å². The van der Waals surface area contributed by atoms with E-state index in [0.717, 1.165) is 17.8 Å². The molecule has 1 aliphatic heterocycles. The van der Waals surface area contributed by atoms with E-state index in [4.69, 9.17) is 11.1 Å². The summed E-state index contributed by atoms with van der Waals surface area (Å²) in [6.45, 7) is 3.71. The molecule has 4 nitrogen and oxygen atoms in total. The molecule has 154 valence electrons. The summed E-state index contributed by atoms with van der Waals surface area (Å²) in [5.74, 6) is 0.541. The lowest BCUT2D eigenvalue weighted by Crippen LogP contribution is -2.18. The largest absolute Gasteiger partial charge is 0.418 e. The lowest BCUT2D eigenvalue weighted by atomic mass is 9.90. The highest BCUT2D eigenvalue weighted by molar-refractivity contribution is 7.84. The van der Waals surface area contributed by atoms with Gasteiger partial charge in [0, 0.05) is 45.0 Å². The van der Waals surface area contributed by atoms with E-state index in [0.29, 0.717) is 34.6 Å². The molecule has 30 heavy (non-hydrogen) atoms. The van der Waals surface area contributed by atoms with Crippen molar-refractivity contribution in [2.24, 2.45) is 0 Å². The van der Waals surface area contributed by atoms with Gasteiger partial charge in [0.15, 0.2) is 0 Å². The number of aryl methyl sites for hydroxylation is 1. The van der Waals surface area contributed by atoms with Crippen molar-refractivity contribution >= 4 is 39.7 Å². The Kier molecular flexibility index (Phi) is 4.97. The van der Waals surface area contributed by atoms with Gasteiger partial charge in [-0.05, 0) is 29.2 Å². The molecular weight excluding hydrogens is 411 g/mol. The summed E-state index contributed by atoms with van der Waals surface area (Å²) in [6, 6.07) is 7.98. The molecule has 0 saturated carbocycles. The number of nitrogens with two attached hydrogens (primary N) is 1. The minimum absolute atomic E-state index is 0.122. The second kappa shape index (κ2) is 7.36. The molecule has 0 aliphatic carbocycles. The van der Waals surface area contributed by atoms with Gasteiger partial charge in [-0.1, -0.05) is 36.9 Å². The van der Waals surface area contributed by atoms with Crippen molar-refractivity contribution in [3.63, 3.8) is 0 Å². The molecule has 0 bridgehead atoms. The van der Waals surface area contributed by atoms with Crippen molar-refractivity contribution < 1.29 is 17.4 Å². The van der Waals surface area contributed by atoms with Crippen molar-refractivity contribution in [3.05, 3.63) is 64.7 Å². The van der Waals surface area contributed by atoms with Crippen molar-refractivity contribution in [2.45, 2.75) is 18.3 Å². The number of halogens is 3. The molecule has 1 aromatic heterocycles. The number of rotatable bonds is 3. The van der Waals surface area contributed by atoms with Gasteiger partial charge in [-0.15, -0.1) is 0 Å². The summed E-state index contributed by atoms with van der Waals surface area (Å²) >= 11 is 0. The number of fused-ring (bicyclic) bond motifs is 3. The summed E-state index contributed by atoms with van der Waals surface area (Å²) in [6.07, 6.45) is -1.69. The SMILES string of the molecule is C=Cc1ccc(-c2nc3c(C(F)(F)F)cc(N)c(C=N)c3c3c2CS(=O)CC3)cc1. The maximum absolute atomic E-state index is 13.8. The number of anilines is 1. The quantitative estimate of drug-likeness (QED) is 0.457. The number of aromatic nitrogens is 1. The van der Waals surface area contributed by atoms with Crippen LogP contribution in [0.2, 0.25) is 0 Å². The van der Waals surface area contributed by atoms with Gasteiger partial charge >= 0.3 is 6.18 Å². The van der Waals surface area contributed by atoms with Crippen LogP contribution in [-0.4, -0.2) is 21.2 Å². The zero-order chi connectivity index (χ0) is 21.6. The molecule has 2 aromatic carbocycles. The van der Waals surface area contributed by atoms with Crippen LogP contribution in [0.25, 0.3) is 28.2 Å². The highest BCUT2D eigenvalue weighted by atomic mass is 32.2. The molecule has 0 radical (unpaired) electrons. The number of nitrogen functional groups attached to an aromatic ring is 1. The Hall–Kier alpha value is -3.00. The second-order valence-electron chi connectivity index (χ2n) is 7.07. The second-order valence-corrected chi connectivity index (χ2v) is 8.65. The molecule has 0 fully saturated rings. The zero-order valence-corrected chi connectivity index (χ0v) is 16.7. The molecule has 8 heteroatoms. The van der Waals surface area contributed by atoms with Crippen LogP contribution in [0.15, 0.2) is 36.9 Å². The Balaban J connectivity index is 2.16. The van der Waals surface area contributed by atoms with E-state index in [2.05, 4.69) is 11.6 Å².